The number of carbonyl (C=O) groups excluding carboxylic acids is 1. The molecule has 0 aromatic heterocycles. The van der Waals surface area contributed by atoms with Gasteiger partial charge >= 0.3 is 5.97 Å². The number of esters is 1. The van der Waals surface area contributed by atoms with Gasteiger partial charge in [0.2, 0.25) is 0 Å². The van der Waals surface area contributed by atoms with E-state index in [-0.39, 0.29) is 11.9 Å². The first-order valence-electron chi connectivity index (χ1n) is 8.96. The van der Waals surface area contributed by atoms with Gasteiger partial charge in [0.15, 0.2) is 0 Å². The second-order valence-electron chi connectivity index (χ2n) is 7.44. The van der Waals surface area contributed by atoms with Crippen LogP contribution in [0.15, 0.2) is 54.6 Å². The van der Waals surface area contributed by atoms with Crippen molar-refractivity contribution in [1.82, 2.24) is 0 Å². The SMILES string of the molecule is C=C1CC2COC(=O)C2(Cc2ccc(OCc3ccc(Cl)c(Cl)c3)cc2)C1. The molecule has 0 N–H and O–H groups in total. The van der Waals surface area contributed by atoms with Crippen molar-refractivity contribution < 1.29 is 14.3 Å². The van der Waals surface area contributed by atoms with Crippen molar-refractivity contribution in [2.75, 3.05) is 6.61 Å². The van der Waals surface area contributed by atoms with Gasteiger partial charge in [0.05, 0.1) is 22.1 Å². The number of ether oxygens (including phenoxy) is 2. The van der Waals surface area contributed by atoms with E-state index in [1.807, 2.05) is 30.3 Å². The molecule has 1 aliphatic heterocycles. The average Bonchev–Trinajstić information content (AvgIpc) is 3.12. The van der Waals surface area contributed by atoms with E-state index in [9.17, 15) is 4.79 Å². The molecular formula is C22H20Cl2O3. The molecule has 1 heterocycles. The predicted molar refractivity (Wildman–Crippen MR) is 106 cm³/mol. The molecular weight excluding hydrogens is 383 g/mol. The van der Waals surface area contributed by atoms with Gasteiger partial charge in [0.25, 0.3) is 0 Å². The smallest absolute Gasteiger partial charge is 0.313 e. The summed E-state index contributed by atoms with van der Waals surface area (Å²) in [5.74, 6) is 0.942. The molecule has 3 nitrogen and oxygen atoms in total. The zero-order chi connectivity index (χ0) is 19.0. The third-order valence-electron chi connectivity index (χ3n) is 5.54. The van der Waals surface area contributed by atoms with Gasteiger partial charge in [0, 0.05) is 5.92 Å². The lowest BCUT2D eigenvalue weighted by Crippen LogP contribution is -2.31. The highest BCUT2D eigenvalue weighted by Gasteiger charge is 2.55. The first kappa shape index (κ1) is 18.4. The van der Waals surface area contributed by atoms with Crippen LogP contribution in [0.25, 0.3) is 0 Å². The van der Waals surface area contributed by atoms with Gasteiger partial charge in [-0.15, -0.1) is 0 Å². The van der Waals surface area contributed by atoms with Crippen LogP contribution in [0.5, 0.6) is 5.75 Å². The summed E-state index contributed by atoms with van der Waals surface area (Å²) in [6, 6.07) is 13.4. The van der Waals surface area contributed by atoms with Crippen molar-refractivity contribution >= 4 is 29.2 Å². The normalized spacial score (nSPS) is 24.0. The number of rotatable bonds is 5. The Bertz CT molecular complexity index is 891. The Morgan fingerprint density at radius 3 is 2.59 bits per heavy atom. The summed E-state index contributed by atoms with van der Waals surface area (Å²) < 4.78 is 11.2. The lowest BCUT2D eigenvalue weighted by Gasteiger charge is -2.24. The van der Waals surface area contributed by atoms with Crippen LogP contribution >= 0.6 is 23.2 Å². The first-order chi connectivity index (χ1) is 13.0. The lowest BCUT2D eigenvalue weighted by molar-refractivity contribution is -0.146. The Morgan fingerprint density at radius 2 is 1.85 bits per heavy atom. The largest absolute Gasteiger partial charge is 0.489 e. The fourth-order valence-electron chi connectivity index (χ4n) is 4.13. The molecule has 27 heavy (non-hydrogen) atoms. The van der Waals surface area contributed by atoms with Crippen LogP contribution in [-0.2, 0) is 22.6 Å². The van der Waals surface area contributed by atoms with Crippen LogP contribution in [-0.4, -0.2) is 12.6 Å². The molecule has 0 bridgehead atoms. The van der Waals surface area contributed by atoms with Crippen molar-refractivity contribution in [3.8, 4) is 5.75 Å². The van der Waals surface area contributed by atoms with Crippen molar-refractivity contribution in [2.24, 2.45) is 11.3 Å². The molecule has 1 aliphatic carbocycles. The standard InChI is InChI=1S/C22H20Cl2O3/c1-14-8-17-13-27-21(25)22(17,10-14)11-15-2-5-18(6-3-15)26-12-16-4-7-19(23)20(24)9-16/h2-7,9,17H,1,8,10-13H2. The van der Waals surface area contributed by atoms with Gasteiger partial charge in [0.1, 0.15) is 12.4 Å². The Morgan fingerprint density at radius 1 is 1.11 bits per heavy atom. The van der Waals surface area contributed by atoms with Gasteiger partial charge in [-0.25, -0.2) is 0 Å². The second-order valence-corrected chi connectivity index (χ2v) is 8.25. The minimum absolute atomic E-state index is 0.0777. The number of halogens is 2. The van der Waals surface area contributed by atoms with E-state index in [1.54, 1.807) is 12.1 Å². The maximum absolute atomic E-state index is 12.4. The van der Waals surface area contributed by atoms with Crippen molar-refractivity contribution in [3.63, 3.8) is 0 Å². The molecule has 4 rings (SSSR count). The zero-order valence-corrected chi connectivity index (χ0v) is 16.4. The number of hydrogen-bond acceptors (Lipinski definition) is 3. The minimum Gasteiger partial charge on any atom is -0.489 e. The van der Waals surface area contributed by atoms with Crippen LogP contribution in [0, 0.1) is 11.3 Å². The predicted octanol–water partition coefficient (Wildman–Crippen LogP) is 5.62. The number of carbonyl (C=O) groups is 1. The third-order valence-corrected chi connectivity index (χ3v) is 6.28. The number of cyclic esters (lactones) is 1. The van der Waals surface area contributed by atoms with E-state index < -0.39 is 5.41 Å². The molecule has 0 spiro atoms. The van der Waals surface area contributed by atoms with E-state index in [4.69, 9.17) is 32.7 Å². The Labute approximate surface area is 168 Å². The Kier molecular flexibility index (Phi) is 4.92. The Balaban J connectivity index is 1.42. The molecule has 1 saturated heterocycles. The van der Waals surface area contributed by atoms with Crippen molar-refractivity contribution in [3.05, 3.63) is 75.8 Å². The van der Waals surface area contributed by atoms with E-state index >= 15 is 0 Å². The summed E-state index contributed by atoms with van der Waals surface area (Å²) >= 11 is 12.0. The maximum atomic E-state index is 12.4. The summed E-state index contributed by atoms with van der Waals surface area (Å²) in [4.78, 5) is 12.4. The van der Waals surface area contributed by atoms with Gasteiger partial charge in [-0.2, -0.15) is 0 Å². The molecule has 2 atom stereocenters. The van der Waals surface area contributed by atoms with E-state index in [0.29, 0.717) is 29.7 Å². The molecule has 0 radical (unpaired) electrons. The molecule has 2 aliphatic rings. The molecule has 2 aromatic carbocycles. The van der Waals surface area contributed by atoms with Crippen LogP contribution in [0.3, 0.4) is 0 Å². The summed E-state index contributed by atoms with van der Waals surface area (Å²) in [5.41, 5.74) is 2.78. The van der Waals surface area contributed by atoms with Gasteiger partial charge < -0.3 is 9.47 Å². The minimum atomic E-state index is -0.431. The summed E-state index contributed by atoms with van der Waals surface area (Å²) in [6.45, 7) is 5.02. The first-order valence-corrected chi connectivity index (χ1v) is 9.71. The van der Waals surface area contributed by atoms with Gasteiger partial charge in [-0.05, 0) is 54.7 Å². The molecule has 2 aromatic rings. The second kappa shape index (κ2) is 7.21. The molecule has 2 fully saturated rings. The van der Waals surface area contributed by atoms with E-state index in [1.165, 1.54) is 0 Å². The molecule has 1 saturated carbocycles. The highest BCUT2D eigenvalue weighted by Crippen LogP contribution is 2.52. The summed E-state index contributed by atoms with van der Waals surface area (Å²) in [6.07, 6.45) is 2.30. The maximum Gasteiger partial charge on any atom is 0.313 e. The highest BCUT2D eigenvalue weighted by molar-refractivity contribution is 6.42. The lowest BCUT2D eigenvalue weighted by atomic mass is 9.75. The Hall–Kier alpha value is -1.97. The molecule has 5 heteroatoms. The van der Waals surface area contributed by atoms with E-state index in [0.717, 1.165) is 35.3 Å². The van der Waals surface area contributed by atoms with Gasteiger partial charge in [-0.3, -0.25) is 4.79 Å². The fourth-order valence-corrected chi connectivity index (χ4v) is 4.45. The number of hydrogen-bond donors (Lipinski definition) is 0. The monoisotopic (exact) mass is 402 g/mol. The zero-order valence-electron chi connectivity index (χ0n) is 14.8. The van der Waals surface area contributed by atoms with Gasteiger partial charge in [-0.1, -0.05) is 53.6 Å². The van der Waals surface area contributed by atoms with Crippen LogP contribution < -0.4 is 4.74 Å². The summed E-state index contributed by atoms with van der Waals surface area (Å²) in [5, 5.41) is 1.05. The topological polar surface area (TPSA) is 35.5 Å². The van der Waals surface area contributed by atoms with E-state index in [2.05, 4.69) is 6.58 Å². The van der Waals surface area contributed by atoms with Crippen LogP contribution in [0.4, 0.5) is 0 Å². The molecule has 0 amide bonds. The molecule has 2 unspecified atom stereocenters. The third kappa shape index (κ3) is 3.59. The van der Waals surface area contributed by atoms with Crippen LogP contribution in [0.1, 0.15) is 24.0 Å². The number of allylic oxidation sites excluding steroid dienone is 1. The number of benzene rings is 2. The van der Waals surface area contributed by atoms with Crippen LogP contribution in [0.2, 0.25) is 10.0 Å². The molecule has 140 valence electrons. The number of fused-ring (bicyclic) bond motifs is 1. The quantitative estimate of drug-likeness (QED) is 0.480. The highest BCUT2D eigenvalue weighted by atomic mass is 35.5. The fraction of sp³-hybridized carbons (Fsp3) is 0.318. The van der Waals surface area contributed by atoms with Crippen molar-refractivity contribution in [2.45, 2.75) is 25.9 Å². The average molecular weight is 403 g/mol. The van der Waals surface area contributed by atoms with Crippen molar-refractivity contribution in [1.29, 1.82) is 0 Å². The summed E-state index contributed by atoms with van der Waals surface area (Å²) in [7, 11) is 0.